The maximum atomic E-state index is 12.4. The predicted molar refractivity (Wildman–Crippen MR) is 99.9 cm³/mol. The van der Waals surface area contributed by atoms with Gasteiger partial charge < -0.3 is 19.7 Å². The highest BCUT2D eigenvalue weighted by atomic mass is 16.5. The highest BCUT2D eigenvalue weighted by Gasteiger charge is 2.14. The molecule has 0 unspecified atom stereocenters. The van der Waals surface area contributed by atoms with Gasteiger partial charge in [-0.25, -0.2) is 0 Å². The summed E-state index contributed by atoms with van der Waals surface area (Å²) in [5.41, 5.74) is 2.81. The molecule has 2 aromatic carbocycles. The number of hydrogen-bond donors (Lipinski definition) is 1. The van der Waals surface area contributed by atoms with Gasteiger partial charge in [0.2, 0.25) is 0 Å². The lowest BCUT2D eigenvalue weighted by molar-refractivity contribution is 0.0827. The minimum Gasteiger partial charge on any atom is -0.496 e. The van der Waals surface area contributed by atoms with Gasteiger partial charge in [0.1, 0.15) is 11.5 Å². The van der Waals surface area contributed by atoms with E-state index in [2.05, 4.69) is 5.32 Å². The summed E-state index contributed by atoms with van der Waals surface area (Å²) in [6, 6.07) is 10.5. The van der Waals surface area contributed by atoms with Crippen molar-refractivity contribution in [2.24, 2.45) is 0 Å². The Morgan fingerprint density at radius 2 is 1.50 bits per heavy atom. The summed E-state index contributed by atoms with van der Waals surface area (Å²) in [5, 5.41) is 2.86. The van der Waals surface area contributed by atoms with Crippen LogP contribution >= 0.6 is 0 Å². The van der Waals surface area contributed by atoms with Crippen molar-refractivity contribution in [1.29, 1.82) is 0 Å². The van der Waals surface area contributed by atoms with Crippen LogP contribution in [-0.2, 0) is 6.54 Å². The third-order valence-corrected chi connectivity index (χ3v) is 4.07. The molecule has 138 valence electrons. The first-order chi connectivity index (χ1) is 12.4. The Balaban J connectivity index is 2.08. The largest absolute Gasteiger partial charge is 0.496 e. The van der Waals surface area contributed by atoms with Crippen LogP contribution in [0, 0.1) is 6.92 Å². The van der Waals surface area contributed by atoms with E-state index in [0.717, 1.165) is 11.1 Å². The number of carbonyl (C=O) groups excluding carboxylic acids is 2. The van der Waals surface area contributed by atoms with Gasteiger partial charge in [0, 0.05) is 37.3 Å². The molecule has 2 aromatic rings. The van der Waals surface area contributed by atoms with E-state index in [-0.39, 0.29) is 11.8 Å². The molecule has 0 aromatic heterocycles. The lowest BCUT2D eigenvalue weighted by Gasteiger charge is -2.13. The number of amides is 2. The molecule has 0 bridgehead atoms. The first-order valence-electron chi connectivity index (χ1n) is 8.18. The van der Waals surface area contributed by atoms with Crippen LogP contribution in [0.2, 0.25) is 0 Å². The summed E-state index contributed by atoms with van der Waals surface area (Å²) >= 11 is 0. The molecule has 0 aliphatic rings. The molecule has 26 heavy (non-hydrogen) atoms. The van der Waals surface area contributed by atoms with Crippen LogP contribution in [0.25, 0.3) is 0 Å². The molecule has 0 saturated carbocycles. The zero-order chi connectivity index (χ0) is 19.3. The van der Waals surface area contributed by atoms with Gasteiger partial charge in [-0.05, 0) is 36.8 Å². The second-order valence-electron chi connectivity index (χ2n) is 6.08. The molecule has 0 heterocycles. The smallest absolute Gasteiger partial charge is 0.253 e. The molecule has 0 atom stereocenters. The van der Waals surface area contributed by atoms with Gasteiger partial charge in [-0.2, -0.15) is 0 Å². The van der Waals surface area contributed by atoms with Crippen molar-refractivity contribution in [1.82, 2.24) is 10.2 Å². The topological polar surface area (TPSA) is 67.9 Å². The van der Waals surface area contributed by atoms with Crippen molar-refractivity contribution in [3.8, 4) is 11.5 Å². The quantitative estimate of drug-likeness (QED) is 0.864. The Hall–Kier alpha value is -3.02. The Morgan fingerprint density at radius 1 is 0.962 bits per heavy atom. The van der Waals surface area contributed by atoms with Gasteiger partial charge in [0.15, 0.2) is 0 Å². The van der Waals surface area contributed by atoms with E-state index >= 15 is 0 Å². The van der Waals surface area contributed by atoms with Gasteiger partial charge >= 0.3 is 0 Å². The van der Waals surface area contributed by atoms with E-state index in [4.69, 9.17) is 9.47 Å². The molecular weight excluding hydrogens is 332 g/mol. The molecular formula is C20H24N2O4. The molecule has 0 saturated heterocycles. The molecule has 0 aliphatic heterocycles. The Labute approximate surface area is 153 Å². The first kappa shape index (κ1) is 19.3. The first-order valence-corrected chi connectivity index (χ1v) is 8.18. The number of ether oxygens (including phenoxy) is 2. The van der Waals surface area contributed by atoms with Crippen molar-refractivity contribution in [3.63, 3.8) is 0 Å². The summed E-state index contributed by atoms with van der Waals surface area (Å²) in [7, 11) is 6.53. The van der Waals surface area contributed by atoms with Gasteiger partial charge in [0.05, 0.1) is 14.2 Å². The molecule has 6 nitrogen and oxygen atoms in total. The number of methoxy groups -OCH3 is 2. The number of benzene rings is 2. The lowest BCUT2D eigenvalue weighted by atomic mass is 10.1. The lowest BCUT2D eigenvalue weighted by Crippen LogP contribution is -2.23. The summed E-state index contributed by atoms with van der Waals surface area (Å²) < 4.78 is 10.6. The monoisotopic (exact) mass is 356 g/mol. The SMILES string of the molecule is COc1cc(C(=O)NCc2ccc(C(=O)N(C)C)cc2)cc(OC)c1C. The van der Waals surface area contributed by atoms with Crippen LogP contribution in [0.4, 0.5) is 0 Å². The minimum absolute atomic E-state index is 0.0561. The van der Waals surface area contributed by atoms with Crippen LogP contribution in [0.1, 0.15) is 31.8 Å². The van der Waals surface area contributed by atoms with Gasteiger partial charge in [-0.3, -0.25) is 9.59 Å². The fourth-order valence-corrected chi connectivity index (χ4v) is 2.52. The van der Waals surface area contributed by atoms with Crippen molar-refractivity contribution < 1.29 is 19.1 Å². The third-order valence-electron chi connectivity index (χ3n) is 4.07. The summed E-state index contributed by atoms with van der Waals surface area (Å²) in [6.45, 7) is 2.23. The van der Waals surface area contributed by atoms with Crippen LogP contribution < -0.4 is 14.8 Å². The van der Waals surface area contributed by atoms with E-state index < -0.39 is 0 Å². The van der Waals surface area contributed by atoms with Crippen molar-refractivity contribution in [3.05, 3.63) is 58.7 Å². The van der Waals surface area contributed by atoms with Gasteiger partial charge in [0.25, 0.3) is 11.8 Å². The maximum absolute atomic E-state index is 12.4. The maximum Gasteiger partial charge on any atom is 0.253 e. The molecule has 0 spiro atoms. The molecule has 2 amide bonds. The Kier molecular flexibility index (Phi) is 6.22. The van der Waals surface area contributed by atoms with Crippen molar-refractivity contribution >= 4 is 11.8 Å². The molecule has 1 N–H and O–H groups in total. The zero-order valence-electron chi connectivity index (χ0n) is 15.8. The summed E-state index contributed by atoms with van der Waals surface area (Å²) in [6.07, 6.45) is 0. The zero-order valence-corrected chi connectivity index (χ0v) is 15.8. The second-order valence-corrected chi connectivity index (χ2v) is 6.08. The van der Waals surface area contributed by atoms with Gasteiger partial charge in [-0.15, -0.1) is 0 Å². The highest BCUT2D eigenvalue weighted by molar-refractivity contribution is 5.95. The van der Waals surface area contributed by atoms with Crippen LogP contribution in [-0.4, -0.2) is 45.0 Å². The van der Waals surface area contributed by atoms with E-state index in [1.807, 2.05) is 19.1 Å². The normalized spacial score (nSPS) is 10.2. The molecule has 2 rings (SSSR count). The van der Waals surface area contributed by atoms with Crippen molar-refractivity contribution in [2.45, 2.75) is 13.5 Å². The summed E-state index contributed by atoms with van der Waals surface area (Å²) in [4.78, 5) is 25.9. The van der Waals surface area contributed by atoms with E-state index in [1.54, 1.807) is 52.6 Å². The fourth-order valence-electron chi connectivity index (χ4n) is 2.52. The van der Waals surface area contributed by atoms with E-state index in [0.29, 0.717) is 29.2 Å². The average Bonchev–Trinajstić information content (AvgIpc) is 2.65. The molecule has 0 aliphatic carbocycles. The number of carbonyl (C=O) groups is 2. The minimum atomic E-state index is -0.227. The van der Waals surface area contributed by atoms with Crippen LogP contribution in [0.15, 0.2) is 36.4 Å². The van der Waals surface area contributed by atoms with Crippen LogP contribution in [0.5, 0.6) is 11.5 Å². The van der Waals surface area contributed by atoms with Gasteiger partial charge in [-0.1, -0.05) is 12.1 Å². The molecule has 0 radical (unpaired) electrons. The molecule has 6 heteroatoms. The second kappa shape index (κ2) is 8.38. The number of hydrogen-bond acceptors (Lipinski definition) is 4. The number of rotatable bonds is 6. The third kappa shape index (κ3) is 4.33. The number of nitrogens with zero attached hydrogens (tertiary/aromatic N) is 1. The van der Waals surface area contributed by atoms with Crippen LogP contribution in [0.3, 0.4) is 0 Å². The van der Waals surface area contributed by atoms with E-state index in [1.165, 1.54) is 4.90 Å². The number of nitrogens with one attached hydrogen (secondary N) is 1. The fraction of sp³-hybridized carbons (Fsp3) is 0.300. The molecule has 0 fully saturated rings. The summed E-state index contributed by atoms with van der Waals surface area (Å²) in [5.74, 6) is 0.913. The standard InChI is InChI=1S/C20H24N2O4/c1-13-17(25-4)10-16(11-18(13)26-5)19(23)21-12-14-6-8-15(9-7-14)20(24)22(2)3/h6-11H,12H2,1-5H3,(H,21,23). The van der Waals surface area contributed by atoms with E-state index in [9.17, 15) is 9.59 Å². The Bertz CT molecular complexity index is 773. The Morgan fingerprint density at radius 3 is 1.96 bits per heavy atom. The van der Waals surface area contributed by atoms with Crippen molar-refractivity contribution in [2.75, 3.05) is 28.3 Å². The predicted octanol–water partition coefficient (Wildman–Crippen LogP) is 2.64. The average molecular weight is 356 g/mol. The highest BCUT2D eigenvalue weighted by Crippen LogP contribution is 2.29.